The van der Waals surface area contributed by atoms with Crippen molar-refractivity contribution in [2.75, 3.05) is 0 Å². The molecular formula is C12H17NO4S. The lowest BCUT2D eigenvalue weighted by Gasteiger charge is -2.10. The number of carboxylic acid groups (broad SMARTS) is 1. The van der Waals surface area contributed by atoms with Crippen molar-refractivity contribution in [3.8, 4) is 0 Å². The Morgan fingerprint density at radius 1 is 1.33 bits per heavy atom. The fraction of sp³-hybridized carbons (Fsp3) is 0.417. The topological polar surface area (TPSA) is 83.5 Å². The second kappa shape index (κ2) is 5.97. The monoisotopic (exact) mass is 271 g/mol. The number of hydrogen-bond donors (Lipinski definition) is 2. The van der Waals surface area contributed by atoms with Gasteiger partial charge < -0.3 is 5.11 Å². The molecule has 0 aliphatic carbocycles. The third kappa shape index (κ3) is 3.82. The average molecular weight is 271 g/mol. The van der Waals surface area contributed by atoms with E-state index in [4.69, 9.17) is 5.11 Å². The van der Waals surface area contributed by atoms with E-state index in [1.54, 1.807) is 12.1 Å². The summed E-state index contributed by atoms with van der Waals surface area (Å²) in [6.45, 7) is 3.33. The molecule has 0 fully saturated rings. The van der Waals surface area contributed by atoms with Gasteiger partial charge in [-0.05, 0) is 31.0 Å². The van der Waals surface area contributed by atoms with Crippen molar-refractivity contribution < 1.29 is 18.3 Å². The smallest absolute Gasteiger partial charge is 0.321 e. The van der Waals surface area contributed by atoms with E-state index in [2.05, 4.69) is 4.72 Å². The number of aryl methyl sites for hydroxylation is 1. The van der Waals surface area contributed by atoms with E-state index in [1.165, 1.54) is 19.1 Å². The van der Waals surface area contributed by atoms with Gasteiger partial charge in [-0.15, -0.1) is 0 Å². The third-order valence-electron chi connectivity index (χ3n) is 2.47. The first-order valence-electron chi connectivity index (χ1n) is 5.71. The molecule has 0 saturated carbocycles. The summed E-state index contributed by atoms with van der Waals surface area (Å²) in [7, 11) is -3.77. The summed E-state index contributed by atoms with van der Waals surface area (Å²) in [5, 5.41) is 8.68. The van der Waals surface area contributed by atoms with Crippen molar-refractivity contribution in [3.05, 3.63) is 29.8 Å². The van der Waals surface area contributed by atoms with E-state index in [0.29, 0.717) is 0 Å². The van der Waals surface area contributed by atoms with Crippen molar-refractivity contribution in [1.29, 1.82) is 0 Å². The first kappa shape index (κ1) is 14.7. The van der Waals surface area contributed by atoms with Crippen molar-refractivity contribution in [1.82, 2.24) is 4.72 Å². The number of carboxylic acids is 1. The van der Waals surface area contributed by atoms with Crippen LogP contribution in [0.1, 0.15) is 25.8 Å². The van der Waals surface area contributed by atoms with Crippen LogP contribution in [0.2, 0.25) is 0 Å². The summed E-state index contributed by atoms with van der Waals surface area (Å²) in [4.78, 5) is 10.7. The fourth-order valence-electron chi connectivity index (χ4n) is 1.48. The van der Waals surface area contributed by atoms with Crippen molar-refractivity contribution in [2.45, 2.75) is 37.6 Å². The number of rotatable bonds is 6. The Hall–Kier alpha value is -1.40. The Bertz CT molecular complexity index is 507. The first-order valence-corrected chi connectivity index (χ1v) is 7.19. The maximum atomic E-state index is 11.8. The molecular weight excluding hydrogens is 254 g/mol. The summed E-state index contributed by atoms with van der Waals surface area (Å²) < 4.78 is 25.8. The highest BCUT2D eigenvalue weighted by molar-refractivity contribution is 7.89. The zero-order valence-corrected chi connectivity index (χ0v) is 11.2. The van der Waals surface area contributed by atoms with Gasteiger partial charge in [-0.1, -0.05) is 25.5 Å². The molecule has 1 aromatic carbocycles. The van der Waals surface area contributed by atoms with Gasteiger partial charge in [0, 0.05) is 0 Å². The summed E-state index contributed by atoms with van der Waals surface area (Å²) in [5.41, 5.74) is 1.06. The molecule has 6 heteroatoms. The fourth-order valence-corrected chi connectivity index (χ4v) is 2.67. The minimum absolute atomic E-state index is 0.0791. The largest absolute Gasteiger partial charge is 0.480 e. The van der Waals surface area contributed by atoms with Crippen LogP contribution in [-0.2, 0) is 21.2 Å². The molecule has 0 spiro atoms. The lowest BCUT2D eigenvalue weighted by molar-refractivity contribution is -0.138. The summed E-state index contributed by atoms with van der Waals surface area (Å²) >= 11 is 0. The van der Waals surface area contributed by atoms with Crippen LogP contribution in [0.4, 0.5) is 0 Å². The van der Waals surface area contributed by atoms with Gasteiger partial charge in [0.1, 0.15) is 6.04 Å². The molecule has 0 amide bonds. The molecule has 0 aliphatic heterocycles. The van der Waals surface area contributed by atoms with Crippen molar-refractivity contribution >= 4 is 16.0 Å². The number of benzene rings is 1. The van der Waals surface area contributed by atoms with Crippen molar-refractivity contribution in [2.24, 2.45) is 0 Å². The van der Waals surface area contributed by atoms with Gasteiger partial charge in [-0.2, -0.15) is 4.72 Å². The van der Waals surface area contributed by atoms with Crippen LogP contribution in [0.3, 0.4) is 0 Å². The number of nitrogens with one attached hydrogen (secondary N) is 1. The zero-order chi connectivity index (χ0) is 13.8. The van der Waals surface area contributed by atoms with Gasteiger partial charge in [0.25, 0.3) is 0 Å². The van der Waals surface area contributed by atoms with Crippen molar-refractivity contribution in [3.63, 3.8) is 0 Å². The van der Waals surface area contributed by atoms with Gasteiger partial charge in [-0.3, -0.25) is 4.79 Å². The number of carbonyl (C=O) groups is 1. The first-order chi connectivity index (χ1) is 8.36. The van der Waals surface area contributed by atoms with E-state index in [-0.39, 0.29) is 4.90 Å². The Kier molecular flexibility index (Phi) is 4.86. The predicted molar refractivity (Wildman–Crippen MR) is 67.9 cm³/mol. The summed E-state index contributed by atoms with van der Waals surface area (Å²) in [5.74, 6) is -1.21. The highest BCUT2D eigenvalue weighted by atomic mass is 32.2. The molecule has 0 saturated heterocycles. The van der Waals surface area contributed by atoms with Gasteiger partial charge in [0.05, 0.1) is 4.90 Å². The second-order valence-electron chi connectivity index (χ2n) is 4.08. The van der Waals surface area contributed by atoms with E-state index >= 15 is 0 Å². The Morgan fingerprint density at radius 3 is 2.33 bits per heavy atom. The van der Waals surface area contributed by atoms with Gasteiger partial charge >= 0.3 is 5.97 Å². The van der Waals surface area contributed by atoms with Crippen LogP contribution in [0.5, 0.6) is 0 Å². The lowest BCUT2D eigenvalue weighted by atomic mass is 10.1. The molecule has 0 bridgehead atoms. The van der Waals surface area contributed by atoms with Gasteiger partial charge in [0.2, 0.25) is 10.0 Å². The maximum Gasteiger partial charge on any atom is 0.321 e. The van der Waals surface area contributed by atoms with Crippen LogP contribution < -0.4 is 4.72 Å². The molecule has 0 heterocycles. The highest BCUT2D eigenvalue weighted by Crippen LogP contribution is 2.12. The molecule has 18 heavy (non-hydrogen) atoms. The van der Waals surface area contributed by atoms with E-state index in [9.17, 15) is 13.2 Å². The van der Waals surface area contributed by atoms with E-state index < -0.39 is 22.0 Å². The third-order valence-corrected chi connectivity index (χ3v) is 4.03. The lowest BCUT2D eigenvalue weighted by Crippen LogP contribution is -2.38. The zero-order valence-electron chi connectivity index (χ0n) is 10.4. The second-order valence-corrected chi connectivity index (χ2v) is 5.79. The highest BCUT2D eigenvalue weighted by Gasteiger charge is 2.21. The molecule has 2 N–H and O–H groups in total. The van der Waals surface area contributed by atoms with Crippen LogP contribution in [-0.4, -0.2) is 25.5 Å². The molecule has 0 unspecified atom stereocenters. The Morgan fingerprint density at radius 2 is 1.89 bits per heavy atom. The van der Waals surface area contributed by atoms with Crippen LogP contribution in [0.15, 0.2) is 29.2 Å². The number of hydrogen-bond acceptors (Lipinski definition) is 3. The SMILES string of the molecule is CCCc1ccc(S(=O)(=O)N[C@H](C)C(=O)O)cc1. The molecule has 1 rings (SSSR count). The van der Waals surface area contributed by atoms with E-state index in [1.807, 2.05) is 6.92 Å². The summed E-state index contributed by atoms with van der Waals surface area (Å²) in [6, 6.07) is 5.31. The van der Waals surface area contributed by atoms with Gasteiger partial charge in [-0.25, -0.2) is 8.42 Å². The number of aliphatic carboxylic acids is 1. The van der Waals surface area contributed by atoms with Crippen LogP contribution in [0.25, 0.3) is 0 Å². The normalized spacial score (nSPS) is 13.2. The predicted octanol–water partition coefficient (Wildman–Crippen LogP) is 1.39. The minimum Gasteiger partial charge on any atom is -0.480 e. The number of sulfonamides is 1. The average Bonchev–Trinajstić information content (AvgIpc) is 2.29. The Balaban J connectivity index is 2.88. The molecule has 5 nitrogen and oxygen atoms in total. The quantitative estimate of drug-likeness (QED) is 0.819. The summed E-state index contributed by atoms with van der Waals surface area (Å²) in [6.07, 6.45) is 1.87. The molecule has 0 aliphatic rings. The van der Waals surface area contributed by atoms with E-state index in [0.717, 1.165) is 18.4 Å². The molecule has 0 radical (unpaired) electrons. The molecule has 1 atom stereocenters. The van der Waals surface area contributed by atoms with Crippen LogP contribution in [0, 0.1) is 0 Å². The van der Waals surface area contributed by atoms with Crippen LogP contribution >= 0.6 is 0 Å². The minimum atomic E-state index is -3.77. The molecule has 0 aromatic heterocycles. The van der Waals surface area contributed by atoms with Gasteiger partial charge in [0.15, 0.2) is 0 Å². The standard InChI is InChI=1S/C12H17NO4S/c1-3-4-10-5-7-11(8-6-10)18(16,17)13-9(2)12(14)15/h5-9,13H,3-4H2,1-2H3,(H,14,15)/t9-/m1/s1. The molecule has 100 valence electrons. The molecule has 1 aromatic rings. The Labute approximate surface area is 107 Å². The maximum absolute atomic E-state index is 11.8.